The highest BCUT2D eigenvalue weighted by molar-refractivity contribution is 9.09. The predicted molar refractivity (Wildman–Crippen MR) is 71.4 cm³/mol. The minimum absolute atomic E-state index is 0.0143. The maximum atomic E-state index is 11.7. The summed E-state index contributed by atoms with van der Waals surface area (Å²) < 4.78 is 0. The number of amides is 1. The molecule has 0 saturated heterocycles. The van der Waals surface area contributed by atoms with Crippen LogP contribution >= 0.6 is 27.3 Å². The standard InChI is InChI=1S/C11H17BrN2OS/c1-9-10(16-8-14-9)11(15)13-7-5-3-2-4-6-12/h8H,2-7H2,1H3,(H,13,15). The highest BCUT2D eigenvalue weighted by Gasteiger charge is 2.10. The molecule has 1 amide bonds. The molecule has 5 heteroatoms. The number of halogens is 1. The lowest BCUT2D eigenvalue weighted by molar-refractivity contribution is 0.0956. The number of aryl methyl sites for hydroxylation is 1. The maximum Gasteiger partial charge on any atom is 0.263 e. The highest BCUT2D eigenvalue weighted by Crippen LogP contribution is 2.11. The summed E-state index contributed by atoms with van der Waals surface area (Å²) in [4.78, 5) is 16.5. The van der Waals surface area contributed by atoms with E-state index in [0.29, 0.717) is 0 Å². The number of hydrogen-bond acceptors (Lipinski definition) is 3. The number of carbonyl (C=O) groups excluding carboxylic acids is 1. The molecule has 0 bridgehead atoms. The average Bonchev–Trinajstić information content (AvgIpc) is 2.69. The summed E-state index contributed by atoms with van der Waals surface area (Å²) >= 11 is 4.80. The van der Waals surface area contributed by atoms with E-state index < -0.39 is 0 Å². The lowest BCUT2D eigenvalue weighted by Crippen LogP contribution is -2.24. The molecule has 1 N–H and O–H groups in total. The third-order valence-corrected chi connectivity index (χ3v) is 3.79. The Bertz CT molecular complexity index is 328. The molecule has 90 valence electrons. The second-order valence-electron chi connectivity index (χ2n) is 3.63. The van der Waals surface area contributed by atoms with Crippen molar-refractivity contribution in [3.05, 3.63) is 16.1 Å². The first kappa shape index (κ1) is 13.6. The number of unbranched alkanes of at least 4 members (excludes halogenated alkanes) is 3. The Balaban J connectivity index is 2.14. The molecular formula is C11H17BrN2OS. The van der Waals surface area contributed by atoms with Gasteiger partial charge in [0.05, 0.1) is 11.2 Å². The molecule has 1 rings (SSSR count). The Morgan fingerprint density at radius 1 is 1.44 bits per heavy atom. The van der Waals surface area contributed by atoms with Crippen molar-refractivity contribution in [2.75, 3.05) is 11.9 Å². The van der Waals surface area contributed by atoms with Gasteiger partial charge in [-0.25, -0.2) is 4.98 Å². The van der Waals surface area contributed by atoms with Gasteiger partial charge in [0.25, 0.3) is 5.91 Å². The van der Waals surface area contributed by atoms with Crippen molar-refractivity contribution in [2.45, 2.75) is 32.6 Å². The maximum absolute atomic E-state index is 11.7. The van der Waals surface area contributed by atoms with Gasteiger partial charge in [-0.2, -0.15) is 0 Å². The molecule has 0 aliphatic carbocycles. The van der Waals surface area contributed by atoms with Gasteiger partial charge in [-0.1, -0.05) is 28.8 Å². The summed E-state index contributed by atoms with van der Waals surface area (Å²) in [6.45, 7) is 2.62. The van der Waals surface area contributed by atoms with Crippen molar-refractivity contribution >= 4 is 33.2 Å². The van der Waals surface area contributed by atoms with E-state index in [1.807, 2.05) is 6.92 Å². The van der Waals surface area contributed by atoms with Gasteiger partial charge in [-0.05, 0) is 19.8 Å². The van der Waals surface area contributed by atoms with E-state index in [4.69, 9.17) is 0 Å². The number of nitrogens with one attached hydrogen (secondary N) is 1. The van der Waals surface area contributed by atoms with Crippen LogP contribution in [0.1, 0.15) is 41.0 Å². The zero-order valence-corrected chi connectivity index (χ0v) is 11.9. The second kappa shape index (κ2) is 7.79. The molecule has 0 fully saturated rings. The van der Waals surface area contributed by atoms with Gasteiger partial charge in [0, 0.05) is 11.9 Å². The molecule has 0 atom stereocenters. The smallest absolute Gasteiger partial charge is 0.263 e. The molecule has 0 aliphatic rings. The molecule has 1 aromatic heterocycles. The van der Waals surface area contributed by atoms with Gasteiger partial charge in [0.1, 0.15) is 4.88 Å². The van der Waals surface area contributed by atoms with E-state index in [1.165, 1.54) is 30.6 Å². The Morgan fingerprint density at radius 3 is 2.81 bits per heavy atom. The first-order chi connectivity index (χ1) is 7.75. The van der Waals surface area contributed by atoms with Gasteiger partial charge in [0.2, 0.25) is 0 Å². The van der Waals surface area contributed by atoms with Crippen molar-refractivity contribution in [2.24, 2.45) is 0 Å². The van der Waals surface area contributed by atoms with Crippen LogP contribution in [0.15, 0.2) is 5.51 Å². The fourth-order valence-corrected chi connectivity index (χ4v) is 2.49. The van der Waals surface area contributed by atoms with Crippen LogP contribution in [-0.2, 0) is 0 Å². The van der Waals surface area contributed by atoms with Gasteiger partial charge in [0.15, 0.2) is 0 Å². The lowest BCUT2D eigenvalue weighted by atomic mass is 10.2. The summed E-state index contributed by atoms with van der Waals surface area (Å²) in [5.41, 5.74) is 2.53. The fraction of sp³-hybridized carbons (Fsp3) is 0.636. The van der Waals surface area contributed by atoms with E-state index in [9.17, 15) is 4.79 Å². The molecule has 1 heterocycles. The van der Waals surface area contributed by atoms with Crippen molar-refractivity contribution in [3.8, 4) is 0 Å². The first-order valence-corrected chi connectivity index (χ1v) is 7.50. The van der Waals surface area contributed by atoms with Gasteiger partial charge in [-0.3, -0.25) is 4.79 Å². The minimum Gasteiger partial charge on any atom is -0.351 e. The van der Waals surface area contributed by atoms with Crippen LogP contribution in [0, 0.1) is 6.92 Å². The van der Waals surface area contributed by atoms with Gasteiger partial charge < -0.3 is 5.32 Å². The van der Waals surface area contributed by atoms with Gasteiger partial charge >= 0.3 is 0 Å². The third-order valence-electron chi connectivity index (χ3n) is 2.30. The normalized spacial score (nSPS) is 10.4. The number of carbonyl (C=O) groups is 1. The molecule has 0 aromatic carbocycles. The van der Waals surface area contributed by atoms with Gasteiger partial charge in [-0.15, -0.1) is 11.3 Å². The predicted octanol–water partition coefficient (Wildman–Crippen LogP) is 3.14. The fourth-order valence-electron chi connectivity index (χ4n) is 1.38. The lowest BCUT2D eigenvalue weighted by Gasteiger charge is -2.03. The zero-order valence-electron chi connectivity index (χ0n) is 9.46. The third kappa shape index (κ3) is 4.61. The van der Waals surface area contributed by atoms with Crippen LogP contribution in [0.2, 0.25) is 0 Å². The van der Waals surface area contributed by atoms with Crippen LogP contribution in [0.3, 0.4) is 0 Å². The Morgan fingerprint density at radius 2 is 2.19 bits per heavy atom. The van der Waals surface area contributed by atoms with Crippen molar-refractivity contribution in [1.29, 1.82) is 0 Å². The Hall–Kier alpha value is -0.420. The number of alkyl halides is 1. The van der Waals surface area contributed by atoms with Crippen LogP contribution in [0.4, 0.5) is 0 Å². The Labute approximate surface area is 109 Å². The van der Waals surface area contributed by atoms with E-state index in [0.717, 1.165) is 28.9 Å². The molecule has 0 saturated carbocycles. The number of nitrogens with zero attached hydrogens (tertiary/aromatic N) is 1. The van der Waals surface area contributed by atoms with E-state index in [2.05, 4.69) is 26.2 Å². The monoisotopic (exact) mass is 304 g/mol. The Kier molecular flexibility index (Phi) is 6.64. The van der Waals surface area contributed by atoms with E-state index in [1.54, 1.807) is 5.51 Å². The van der Waals surface area contributed by atoms with Crippen molar-refractivity contribution in [3.63, 3.8) is 0 Å². The summed E-state index contributed by atoms with van der Waals surface area (Å²) in [6, 6.07) is 0. The number of aromatic nitrogens is 1. The number of thiazole rings is 1. The number of hydrogen-bond donors (Lipinski definition) is 1. The molecule has 0 aliphatic heterocycles. The summed E-state index contributed by atoms with van der Waals surface area (Å²) in [7, 11) is 0. The summed E-state index contributed by atoms with van der Waals surface area (Å²) in [5.74, 6) is 0.0143. The highest BCUT2D eigenvalue weighted by atomic mass is 79.9. The van der Waals surface area contributed by atoms with Crippen molar-refractivity contribution < 1.29 is 4.79 Å². The van der Waals surface area contributed by atoms with E-state index in [-0.39, 0.29) is 5.91 Å². The largest absolute Gasteiger partial charge is 0.351 e. The quantitative estimate of drug-likeness (QED) is 0.621. The summed E-state index contributed by atoms with van der Waals surface area (Å²) in [5, 5.41) is 3.99. The van der Waals surface area contributed by atoms with E-state index >= 15 is 0 Å². The van der Waals surface area contributed by atoms with Crippen molar-refractivity contribution in [1.82, 2.24) is 10.3 Å². The first-order valence-electron chi connectivity index (χ1n) is 5.50. The SMILES string of the molecule is Cc1ncsc1C(=O)NCCCCCCBr. The summed E-state index contributed by atoms with van der Waals surface area (Å²) in [6.07, 6.45) is 4.66. The molecule has 16 heavy (non-hydrogen) atoms. The average molecular weight is 305 g/mol. The molecule has 0 unspecified atom stereocenters. The zero-order chi connectivity index (χ0) is 11.8. The molecule has 3 nitrogen and oxygen atoms in total. The van der Waals surface area contributed by atoms with Crippen LogP contribution < -0.4 is 5.32 Å². The number of rotatable bonds is 7. The molecule has 1 aromatic rings. The molecule has 0 spiro atoms. The topological polar surface area (TPSA) is 42.0 Å². The van der Waals surface area contributed by atoms with Crippen LogP contribution in [0.5, 0.6) is 0 Å². The minimum atomic E-state index is 0.0143. The second-order valence-corrected chi connectivity index (χ2v) is 5.27. The van der Waals surface area contributed by atoms with Crippen LogP contribution in [0.25, 0.3) is 0 Å². The molecule has 0 radical (unpaired) electrons. The van der Waals surface area contributed by atoms with Crippen LogP contribution in [-0.4, -0.2) is 22.8 Å². The molecular weight excluding hydrogens is 288 g/mol.